The first-order valence-electron chi connectivity index (χ1n) is 5.09. The van der Waals surface area contributed by atoms with Crippen LogP contribution in [0.3, 0.4) is 0 Å². The molecule has 0 unspecified atom stereocenters. The van der Waals surface area contributed by atoms with E-state index in [1.54, 1.807) is 12.1 Å². The van der Waals surface area contributed by atoms with Gasteiger partial charge in [-0.3, -0.25) is 0 Å². The maximum atomic E-state index is 10.9. The highest BCUT2D eigenvalue weighted by Crippen LogP contribution is 2.31. The summed E-state index contributed by atoms with van der Waals surface area (Å²) in [6.07, 6.45) is 0.906. The lowest BCUT2D eigenvalue weighted by Crippen LogP contribution is -1.99. The van der Waals surface area contributed by atoms with Crippen molar-refractivity contribution in [1.29, 1.82) is 0 Å². The van der Waals surface area contributed by atoms with Crippen molar-refractivity contribution < 1.29 is 14.6 Å². The summed E-state index contributed by atoms with van der Waals surface area (Å²) >= 11 is 1.52. The maximum absolute atomic E-state index is 10.9. The van der Waals surface area contributed by atoms with Crippen LogP contribution in [0.2, 0.25) is 0 Å². The number of thiophene rings is 1. The van der Waals surface area contributed by atoms with Gasteiger partial charge in [-0.15, -0.1) is 11.3 Å². The lowest BCUT2D eigenvalue weighted by molar-refractivity contribution is 0.0696. The highest BCUT2D eigenvalue weighted by Gasteiger charge is 2.10. The van der Waals surface area contributed by atoms with E-state index < -0.39 is 5.97 Å². The van der Waals surface area contributed by atoms with E-state index in [-0.39, 0.29) is 5.56 Å². The van der Waals surface area contributed by atoms with Crippen molar-refractivity contribution >= 4 is 27.4 Å². The Hall–Kier alpha value is -1.55. The van der Waals surface area contributed by atoms with Gasteiger partial charge in [-0.05, 0) is 30.0 Å². The zero-order chi connectivity index (χ0) is 11.5. The van der Waals surface area contributed by atoms with Crippen LogP contribution in [0, 0.1) is 0 Å². The third-order valence-corrected chi connectivity index (χ3v) is 3.11. The van der Waals surface area contributed by atoms with Crippen molar-refractivity contribution in [2.24, 2.45) is 0 Å². The minimum absolute atomic E-state index is 0.279. The highest BCUT2D eigenvalue weighted by molar-refractivity contribution is 7.17. The number of ether oxygens (including phenoxy) is 1. The number of benzene rings is 1. The first kappa shape index (κ1) is 11.0. The molecule has 0 aliphatic heterocycles. The van der Waals surface area contributed by atoms with E-state index in [1.165, 1.54) is 11.3 Å². The lowest BCUT2D eigenvalue weighted by Gasteiger charge is -2.07. The van der Waals surface area contributed by atoms with Crippen LogP contribution < -0.4 is 4.74 Å². The molecule has 0 aliphatic carbocycles. The van der Waals surface area contributed by atoms with Crippen molar-refractivity contribution in [1.82, 2.24) is 0 Å². The van der Waals surface area contributed by atoms with Crippen LogP contribution in [0.15, 0.2) is 23.6 Å². The minimum atomic E-state index is -0.920. The van der Waals surface area contributed by atoms with E-state index in [0.29, 0.717) is 12.4 Å². The summed E-state index contributed by atoms with van der Waals surface area (Å²) in [6, 6.07) is 5.23. The molecule has 0 atom stereocenters. The van der Waals surface area contributed by atoms with Crippen molar-refractivity contribution in [2.45, 2.75) is 13.3 Å². The zero-order valence-electron chi connectivity index (χ0n) is 8.90. The van der Waals surface area contributed by atoms with Crippen LogP contribution in [0.4, 0.5) is 0 Å². The Morgan fingerprint density at radius 1 is 1.50 bits per heavy atom. The second-order valence-electron chi connectivity index (χ2n) is 3.46. The van der Waals surface area contributed by atoms with Gasteiger partial charge in [0, 0.05) is 10.1 Å². The molecule has 0 aliphatic rings. The summed E-state index contributed by atoms with van der Waals surface area (Å²) in [5.74, 6) is -0.255. The van der Waals surface area contributed by atoms with Gasteiger partial charge in [-0.25, -0.2) is 4.79 Å². The molecule has 0 amide bonds. The number of rotatable bonds is 4. The van der Waals surface area contributed by atoms with Gasteiger partial charge in [0.25, 0.3) is 0 Å². The minimum Gasteiger partial charge on any atom is -0.493 e. The van der Waals surface area contributed by atoms with Gasteiger partial charge in [0.05, 0.1) is 12.2 Å². The largest absolute Gasteiger partial charge is 0.493 e. The first-order valence-corrected chi connectivity index (χ1v) is 5.97. The molecule has 0 fully saturated rings. The summed E-state index contributed by atoms with van der Waals surface area (Å²) in [7, 11) is 0. The topological polar surface area (TPSA) is 46.5 Å². The fraction of sp³-hybridized carbons (Fsp3) is 0.250. The number of hydrogen-bond acceptors (Lipinski definition) is 3. The molecule has 4 heteroatoms. The van der Waals surface area contributed by atoms with E-state index >= 15 is 0 Å². The highest BCUT2D eigenvalue weighted by atomic mass is 32.1. The van der Waals surface area contributed by atoms with Gasteiger partial charge < -0.3 is 9.84 Å². The Morgan fingerprint density at radius 2 is 2.31 bits per heavy atom. The molecular formula is C12H12O3S. The second-order valence-corrected chi connectivity index (χ2v) is 4.41. The molecule has 1 heterocycles. The summed E-state index contributed by atoms with van der Waals surface area (Å²) in [5.41, 5.74) is 0.279. The molecule has 1 N–H and O–H groups in total. The van der Waals surface area contributed by atoms with Crippen molar-refractivity contribution in [3.05, 3.63) is 29.1 Å². The zero-order valence-corrected chi connectivity index (χ0v) is 9.71. The molecule has 0 bridgehead atoms. The monoisotopic (exact) mass is 236 g/mol. The molecule has 84 valence electrons. The summed E-state index contributed by atoms with van der Waals surface area (Å²) in [6.45, 7) is 2.62. The Labute approximate surface area is 97.3 Å². The molecule has 1 aromatic carbocycles. The Bertz CT molecular complexity index is 516. The number of aromatic carboxylic acids is 1. The molecule has 3 nitrogen and oxygen atoms in total. The predicted octanol–water partition coefficient (Wildman–Crippen LogP) is 3.39. The Kier molecular flexibility index (Phi) is 3.10. The van der Waals surface area contributed by atoms with Gasteiger partial charge in [-0.2, -0.15) is 0 Å². The van der Waals surface area contributed by atoms with Gasteiger partial charge in [0.2, 0.25) is 0 Å². The van der Waals surface area contributed by atoms with Gasteiger partial charge in [0.15, 0.2) is 0 Å². The molecule has 0 spiro atoms. The maximum Gasteiger partial charge on any atom is 0.335 e. The molecule has 0 radical (unpaired) electrons. The van der Waals surface area contributed by atoms with E-state index in [1.807, 2.05) is 18.4 Å². The molecule has 0 saturated carbocycles. The third-order valence-electron chi connectivity index (χ3n) is 2.24. The number of hydrogen-bond donors (Lipinski definition) is 1. The van der Waals surface area contributed by atoms with Gasteiger partial charge in [0.1, 0.15) is 5.75 Å². The average Bonchev–Trinajstić information content (AvgIpc) is 2.73. The van der Waals surface area contributed by atoms with Gasteiger partial charge in [-0.1, -0.05) is 6.92 Å². The molecule has 2 rings (SSSR count). The van der Waals surface area contributed by atoms with Crippen LogP contribution in [0.1, 0.15) is 23.7 Å². The SMILES string of the molecule is CCCOc1cc(C(=O)O)cc2sccc12. The first-order chi connectivity index (χ1) is 7.72. The van der Waals surface area contributed by atoms with E-state index in [9.17, 15) is 4.79 Å². The normalized spacial score (nSPS) is 10.6. The number of fused-ring (bicyclic) bond motifs is 1. The summed E-state index contributed by atoms with van der Waals surface area (Å²) in [4.78, 5) is 10.9. The van der Waals surface area contributed by atoms with Crippen molar-refractivity contribution in [3.63, 3.8) is 0 Å². The smallest absolute Gasteiger partial charge is 0.335 e. The number of carboxylic acids is 1. The van der Waals surface area contributed by atoms with Crippen LogP contribution in [-0.2, 0) is 0 Å². The Balaban J connectivity index is 2.50. The quantitative estimate of drug-likeness (QED) is 0.885. The number of carbonyl (C=O) groups is 1. The van der Waals surface area contributed by atoms with Crippen LogP contribution in [0.5, 0.6) is 5.75 Å². The van der Waals surface area contributed by atoms with E-state index in [4.69, 9.17) is 9.84 Å². The molecule has 16 heavy (non-hydrogen) atoms. The predicted molar refractivity (Wildman–Crippen MR) is 64.6 cm³/mol. The summed E-state index contributed by atoms with van der Waals surface area (Å²) < 4.78 is 6.51. The summed E-state index contributed by atoms with van der Waals surface area (Å²) in [5, 5.41) is 11.9. The average molecular weight is 236 g/mol. The molecular weight excluding hydrogens is 224 g/mol. The molecule has 2 aromatic rings. The third kappa shape index (κ3) is 2.02. The van der Waals surface area contributed by atoms with Crippen molar-refractivity contribution in [3.8, 4) is 5.75 Å². The standard InChI is InChI=1S/C12H12O3S/c1-2-4-15-10-6-8(12(13)14)7-11-9(10)3-5-16-11/h3,5-7H,2,4H2,1H3,(H,13,14). The fourth-order valence-electron chi connectivity index (χ4n) is 1.49. The Morgan fingerprint density at radius 3 is 3.00 bits per heavy atom. The van der Waals surface area contributed by atoms with Crippen LogP contribution >= 0.6 is 11.3 Å². The molecule has 0 saturated heterocycles. The van der Waals surface area contributed by atoms with Crippen molar-refractivity contribution in [2.75, 3.05) is 6.61 Å². The lowest BCUT2D eigenvalue weighted by atomic mass is 10.1. The van der Waals surface area contributed by atoms with E-state index in [2.05, 4.69) is 0 Å². The van der Waals surface area contributed by atoms with Gasteiger partial charge >= 0.3 is 5.97 Å². The number of carboxylic acid groups (broad SMARTS) is 1. The van der Waals surface area contributed by atoms with E-state index in [0.717, 1.165) is 16.5 Å². The second kappa shape index (κ2) is 4.53. The van der Waals surface area contributed by atoms with Crippen LogP contribution in [0.25, 0.3) is 10.1 Å². The molecule has 1 aromatic heterocycles. The van der Waals surface area contributed by atoms with Crippen LogP contribution in [-0.4, -0.2) is 17.7 Å². The fourth-order valence-corrected chi connectivity index (χ4v) is 2.33.